The van der Waals surface area contributed by atoms with E-state index in [9.17, 15) is 9.59 Å². The minimum atomic E-state index is -0.165. The predicted molar refractivity (Wildman–Crippen MR) is 116 cm³/mol. The Morgan fingerprint density at radius 1 is 1.07 bits per heavy atom. The Hall–Kier alpha value is -1.89. The molecule has 0 spiro atoms. The summed E-state index contributed by atoms with van der Waals surface area (Å²) in [5, 5.41) is 8.46. The van der Waals surface area contributed by atoms with Crippen molar-refractivity contribution in [3.8, 4) is 0 Å². The zero-order valence-corrected chi connectivity index (χ0v) is 17.3. The first-order valence-corrected chi connectivity index (χ1v) is 10.5. The molecule has 4 rings (SSSR count). The van der Waals surface area contributed by atoms with Crippen LogP contribution in [0.3, 0.4) is 0 Å². The number of carbonyl (C=O) groups excluding carboxylic acids is 2. The molecule has 2 aromatic rings. The molecule has 2 atom stereocenters. The first-order valence-electron chi connectivity index (χ1n) is 9.67. The third-order valence-corrected chi connectivity index (χ3v) is 6.61. The summed E-state index contributed by atoms with van der Waals surface area (Å²) in [5.41, 5.74) is 9.59. The van der Waals surface area contributed by atoms with Gasteiger partial charge in [-0.3, -0.25) is 9.59 Å². The second kappa shape index (κ2) is 9.07. The van der Waals surface area contributed by atoms with E-state index in [2.05, 4.69) is 10.6 Å². The van der Waals surface area contributed by atoms with Gasteiger partial charge in [-0.05, 0) is 79.3 Å². The van der Waals surface area contributed by atoms with E-state index < -0.39 is 0 Å². The number of fused-ring (bicyclic) bond motifs is 1. The Labute approximate surface area is 175 Å². The van der Waals surface area contributed by atoms with Crippen molar-refractivity contribution in [3.05, 3.63) is 51.9 Å². The fraction of sp³-hybridized carbons (Fsp3) is 0.429. The Morgan fingerprint density at radius 3 is 2.71 bits per heavy atom. The molecule has 1 saturated carbocycles. The fourth-order valence-electron chi connectivity index (χ4n) is 4.23. The highest BCUT2D eigenvalue weighted by Gasteiger charge is 2.28. The van der Waals surface area contributed by atoms with Crippen LogP contribution in [0.25, 0.3) is 0 Å². The molecule has 0 aliphatic heterocycles. The molecule has 2 aliphatic rings. The second-order valence-corrected chi connectivity index (χ2v) is 8.38. The van der Waals surface area contributed by atoms with Crippen LogP contribution in [0.2, 0.25) is 0 Å². The van der Waals surface area contributed by atoms with Gasteiger partial charge in [-0.2, -0.15) is 0 Å². The monoisotopic (exact) mass is 419 g/mol. The van der Waals surface area contributed by atoms with Gasteiger partial charge in [0.25, 0.3) is 11.8 Å². The van der Waals surface area contributed by atoms with Crippen LogP contribution in [0.15, 0.2) is 29.6 Å². The largest absolute Gasteiger partial charge is 0.349 e. The third-order valence-electron chi connectivity index (χ3n) is 5.78. The minimum absolute atomic E-state index is 0. The van der Waals surface area contributed by atoms with Gasteiger partial charge in [0.2, 0.25) is 0 Å². The number of hydrogen-bond acceptors (Lipinski definition) is 4. The number of nitrogens with one attached hydrogen (secondary N) is 2. The van der Waals surface area contributed by atoms with Crippen LogP contribution in [0.4, 0.5) is 5.00 Å². The average molecular weight is 420 g/mol. The topological polar surface area (TPSA) is 84.2 Å². The maximum atomic E-state index is 12.7. The molecular weight excluding hydrogens is 394 g/mol. The van der Waals surface area contributed by atoms with Crippen LogP contribution < -0.4 is 16.4 Å². The average Bonchev–Trinajstić information content (AvgIpc) is 3.41. The molecule has 2 amide bonds. The van der Waals surface area contributed by atoms with Crippen molar-refractivity contribution in [2.75, 3.05) is 11.9 Å². The lowest BCUT2D eigenvalue weighted by Crippen LogP contribution is -2.40. The molecule has 0 bridgehead atoms. The number of halogens is 1. The Bertz CT molecular complexity index is 867. The first kappa shape index (κ1) is 20.8. The predicted octanol–water partition coefficient (Wildman–Crippen LogP) is 3.77. The highest BCUT2D eigenvalue weighted by molar-refractivity contribution is 7.14. The molecular formula is C21H26ClN3O2S. The van der Waals surface area contributed by atoms with E-state index in [4.69, 9.17) is 5.73 Å². The molecule has 1 heterocycles. The normalized spacial score (nSPS) is 20.3. The van der Waals surface area contributed by atoms with E-state index in [-0.39, 0.29) is 30.3 Å². The Balaban J connectivity index is 0.00000225. The summed E-state index contributed by atoms with van der Waals surface area (Å²) < 4.78 is 0. The molecule has 4 N–H and O–H groups in total. The molecule has 2 unspecified atom stereocenters. The second-order valence-electron chi connectivity index (χ2n) is 7.46. The maximum Gasteiger partial charge on any atom is 0.256 e. The van der Waals surface area contributed by atoms with Crippen LogP contribution in [0, 0.1) is 5.92 Å². The summed E-state index contributed by atoms with van der Waals surface area (Å²) >= 11 is 1.37. The standard InChI is InChI=1S/C21H25N3O2S.ClH/c22-12-16-5-2-6-18(16)23-20(26)17-9-10-27-21(17)24-19(25)15-8-7-13-3-1-4-14(13)11-15;/h7-11,16,18H,1-6,12,22H2,(H,23,26)(H,24,25);1H. The van der Waals surface area contributed by atoms with Crippen molar-refractivity contribution in [1.82, 2.24) is 5.32 Å². The van der Waals surface area contributed by atoms with Crippen molar-refractivity contribution < 1.29 is 9.59 Å². The molecule has 1 fully saturated rings. The van der Waals surface area contributed by atoms with Crippen molar-refractivity contribution in [3.63, 3.8) is 0 Å². The molecule has 0 radical (unpaired) electrons. The number of amides is 2. The van der Waals surface area contributed by atoms with E-state index in [0.29, 0.717) is 28.6 Å². The summed E-state index contributed by atoms with van der Waals surface area (Å²) in [5.74, 6) is 0.0461. The molecule has 0 saturated heterocycles. The Morgan fingerprint density at radius 2 is 1.89 bits per heavy atom. The van der Waals surface area contributed by atoms with Gasteiger partial charge in [0.1, 0.15) is 5.00 Å². The van der Waals surface area contributed by atoms with Gasteiger partial charge in [0, 0.05) is 11.6 Å². The minimum Gasteiger partial charge on any atom is -0.349 e. The zero-order chi connectivity index (χ0) is 18.8. The number of rotatable bonds is 5. The lowest BCUT2D eigenvalue weighted by molar-refractivity contribution is 0.0930. The molecule has 1 aromatic carbocycles. The van der Waals surface area contributed by atoms with E-state index in [0.717, 1.165) is 38.5 Å². The molecule has 5 nitrogen and oxygen atoms in total. The van der Waals surface area contributed by atoms with Crippen molar-refractivity contribution in [1.29, 1.82) is 0 Å². The Kier molecular flexibility index (Phi) is 6.75. The van der Waals surface area contributed by atoms with Gasteiger partial charge in [-0.15, -0.1) is 23.7 Å². The smallest absolute Gasteiger partial charge is 0.256 e. The first-order chi connectivity index (χ1) is 13.2. The number of carbonyl (C=O) groups is 2. The highest BCUT2D eigenvalue weighted by atomic mass is 35.5. The van der Waals surface area contributed by atoms with Gasteiger partial charge in [0.15, 0.2) is 0 Å². The van der Waals surface area contributed by atoms with Crippen LogP contribution in [-0.2, 0) is 12.8 Å². The molecule has 7 heteroatoms. The van der Waals surface area contributed by atoms with E-state index >= 15 is 0 Å². The lowest BCUT2D eigenvalue weighted by Gasteiger charge is -2.19. The zero-order valence-electron chi connectivity index (χ0n) is 15.7. The molecule has 150 valence electrons. The SMILES string of the molecule is Cl.NCC1CCCC1NC(=O)c1ccsc1NC(=O)c1ccc2c(c1)CCC2. The van der Waals surface area contributed by atoms with Crippen LogP contribution >= 0.6 is 23.7 Å². The quantitative estimate of drug-likeness (QED) is 0.689. The van der Waals surface area contributed by atoms with Crippen molar-refractivity contribution in [2.24, 2.45) is 11.7 Å². The highest BCUT2D eigenvalue weighted by Crippen LogP contribution is 2.28. The number of aryl methyl sites for hydroxylation is 2. The number of benzene rings is 1. The summed E-state index contributed by atoms with van der Waals surface area (Å²) in [7, 11) is 0. The fourth-order valence-corrected chi connectivity index (χ4v) is 5.01. The number of hydrogen-bond donors (Lipinski definition) is 3. The summed E-state index contributed by atoms with van der Waals surface area (Å²) in [6.45, 7) is 0.594. The number of nitrogens with two attached hydrogens (primary N) is 1. The van der Waals surface area contributed by atoms with Crippen LogP contribution in [0.5, 0.6) is 0 Å². The molecule has 2 aliphatic carbocycles. The summed E-state index contributed by atoms with van der Waals surface area (Å²) in [6.07, 6.45) is 6.41. The third kappa shape index (κ3) is 4.24. The van der Waals surface area contributed by atoms with Gasteiger partial charge in [-0.1, -0.05) is 12.5 Å². The summed E-state index contributed by atoms with van der Waals surface area (Å²) in [6, 6.07) is 7.80. The van der Waals surface area contributed by atoms with E-state index in [1.807, 2.05) is 23.6 Å². The number of anilines is 1. The van der Waals surface area contributed by atoms with Gasteiger partial charge >= 0.3 is 0 Å². The van der Waals surface area contributed by atoms with Gasteiger partial charge in [-0.25, -0.2) is 0 Å². The molecule has 28 heavy (non-hydrogen) atoms. The van der Waals surface area contributed by atoms with Crippen LogP contribution in [0.1, 0.15) is 57.5 Å². The van der Waals surface area contributed by atoms with Crippen LogP contribution in [-0.4, -0.2) is 24.4 Å². The molecule has 1 aromatic heterocycles. The van der Waals surface area contributed by atoms with Crippen molar-refractivity contribution in [2.45, 2.75) is 44.6 Å². The summed E-state index contributed by atoms with van der Waals surface area (Å²) in [4.78, 5) is 25.4. The van der Waals surface area contributed by atoms with Crippen molar-refractivity contribution >= 4 is 40.6 Å². The van der Waals surface area contributed by atoms with E-state index in [1.165, 1.54) is 22.5 Å². The maximum absolute atomic E-state index is 12.7. The lowest BCUT2D eigenvalue weighted by atomic mass is 10.0. The van der Waals surface area contributed by atoms with E-state index in [1.54, 1.807) is 6.07 Å². The van der Waals surface area contributed by atoms with Gasteiger partial charge < -0.3 is 16.4 Å². The number of thiophene rings is 1. The van der Waals surface area contributed by atoms with Gasteiger partial charge in [0.05, 0.1) is 5.56 Å².